The number of hydrogen-bond donors (Lipinski definition) is 3. The Morgan fingerprint density at radius 3 is 2.63 bits per heavy atom. The van der Waals surface area contributed by atoms with E-state index in [1.54, 1.807) is 18.3 Å². The average molecular weight is 329 g/mol. The van der Waals surface area contributed by atoms with E-state index in [0.717, 1.165) is 4.47 Å². The number of carbonyl (C=O) groups is 2. The molecule has 0 unspecified atom stereocenters. The standard InChI is InChI=1S/C12H17BrN4O2/c1-7(2)11(14)12(19)16-6-10(18)17-9-4-3-8(13)5-15-9/h3-5,7,11H,6,14H2,1-2H3,(H,16,19)(H,15,17,18)/t11-/m0/s1. The fourth-order valence-corrected chi connectivity index (χ4v) is 1.46. The molecule has 0 aliphatic rings. The maximum Gasteiger partial charge on any atom is 0.244 e. The Labute approximate surface area is 120 Å². The fourth-order valence-electron chi connectivity index (χ4n) is 1.22. The van der Waals surface area contributed by atoms with Gasteiger partial charge in [0.2, 0.25) is 11.8 Å². The first-order valence-electron chi connectivity index (χ1n) is 5.85. The van der Waals surface area contributed by atoms with Crippen molar-refractivity contribution in [3.05, 3.63) is 22.8 Å². The summed E-state index contributed by atoms with van der Waals surface area (Å²) in [5.74, 6) is -0.236. The molecule has 1 atom stereocenters. The van der Waals surface area contributed by atoms with E-state index in [-0.39, 0.29) is 24.3 Å². The zero-order valence-electron chi connectivity index (χ0n) is 10.8. The number of carbonyl (C=O) groups excluding carboxylic acids is 2. The molecule has 0 spiro atoms. The molecule has 0 aliphatic carbocycles. The largest absolute Gasteiger partial charge is 0.346 e. The molecule has 6 nitrogen and oxygen atoms in total. The minimum absolute atomic E-state index is 0.0243. The summed E-state index contributed by atoms with van der Waals surface area (Å²) in [6.07, 6.45) is 1.57. The molecule has 7 heteroatoms. The van der Waals surface area contributed by atoms with Gasteiger partial charge in [-0.15, -0.1) is 0 Å². The van der Waals surface area contributed by atoms with Crippen molar-refractivity contribution >= 4 is 33.6 Å². The van der Waals surface area contributed by atoms with Crippen molar-refractivity contribution < 1.29 is 9.59 Å². The molecule has 0 radical (unpaired) electrons. The van der Waals surface area contributed by atoms with Gasteiger partial charge in [-0.1, -0.05) is 13.8 Å². The summed E-state index contributed by atoms with van der Waals surface area (Å²) < 4.78 is 0.821. The second-order valence-corrected chi connectivity index (χ2v) is 5.31. The van der Waals surface area contributed by atoms with E-state index in [9.17, 15) is 9.59 Å². The van der Waals surface area contributed by atoms with E-state index in [0.29, 0.717) is 5.82 Å². The zero-order valence-corrected chi connectivity index (χ0v) is 12.4. The molecule has 104 valence electrons. The van der Waals surface area contributed by atoms with Crippen molar-refractivity contribution in [1.29, 1.82) is 0 Å². The molecule has 0 bridgehead atoms. The molecule has 1 aromatic rings. The van der Waals surface area contributed by atoms with Crippen molar-refractivity contribution in [2.75, 3.05) is 11.9 Å². The summed E-state index contributed by atoms with van der Waals surface area (Å²) in [4.78, 5) is 27.1. The highest BCUT2D eigenvalue weighted by molar-refractivity contribution is 9.10. The van der Waals surface area contributed by atoms with E-state index in [1.807, 2.05) is 13.8 Å². The van der Waals surface area contributed by atoms with Gasteiger partial charge >= 0.3 is 0 Å². The monoisotopic (exact) mass is 328 g/mol. The normalized spacial score (nSPS) is 12.1. The van der Waals surface area contributed by atoms with Gasteiger partial charge in [0.15, 0.2) is 0 Å². The number of halogens is 1. The molecule has 1 rings (SSSR count). The Bertz CT molecular complexity index is 448. The number of rotatable bonds is 5. The number of aromatic nitrogens is 1. The molecule has 0 saturated heterocycles. The van der Waals surface area contributed by atoms with Crippen LogP contribution in [0.1, 0.15) is 13.8 Å². The van der Waals surface area contributed by atoms with Crippen molar-refractivity contribution in [3.63, 3.8) is 0 Å². The van der Waals surface area contributed by atoms with E-state index in [4.69, 9.17) is 5.73 Å². The van der Waals surface area contributed by atoms with Crippen LogP contribution in [0.3, 0.4) is 0 Å². The molecule has 0 saturated carbocycles. The maximum atomic E-state index is 11.6. The highest BCUT2D eigenvalue weighted by atomic mass is 79.9. The first kappa shape index (κ1) is 15.6. The molecular weight excluding hydrogens is 312 g/mol. The van der Waals surface area contributed by atoms with Crippen LogP contribution in [0.2, 0.25) is 0 Å². The second kappa shape index (κ2) is 7.20. The second-order valence-electron chi connectivity index (χ2n) is 4.40. The highest BCUT2D eigenvalue weighted by Crippen LogP contribution is 2.10. The summed E-state index contributed by atoms with van der Waals surface area (Å²) in [6.45, 7) is 3.56. The SMILES string of the molecule is CC(C)[C@H](N)C(=O)NCC(=O)Nc1ccc(Br)cn1. The minimum atomic E-state index is -0.612. The summed E-state index contributed by atoms with van der Waals surface area (Å²) in [5, 5.41) is 5.05. The number of nitrogens with two attached hydrogens (primary N) is 1. The predicted octanol–water partition coefficient (Wildman–Crippen LogP) is 0.882. The first-order chi connectivity index (χ1) is 8.90. The van der Waals surface area contributed by atoms with Gasteiger partial charge in [-0.3, -0.25) is 9.59 Å². The smallest absolute Gasteiger partial charge is 0.244 e. The fraction of sp³-hybridized carbons (Fsp3) is 0.417. The van der Waals surface area contributed by atoms with Gasteiger partial charge in [0, 0.05) is 10.7 Å². The number of hydrogen-bond acceptors (Lipinski definition) is 4. The number of anilines is 1. The van der Waals surface area contributed by atoms with Crippen molar-refractivity contribution in [3.8, 4) is 0 Å². The highest BCUT2D eigenvalue weighted by Gasteiger charge is 2.17. The Balaban J connectivity index is 2.40. The van der Waals surface area contributed by atoms with Crippen LogP contribution in [0, 0.1) is 5.92 Å². The molecule has 1 heterocycles. The van der Waals surface area contributed by atoms with Gasteiger partial charge in [0.25, 0.3) is 0 Å². The van der Waals surface area contributed by atoms with Crippen LogP contribution < -0.4 is 16.4 Å². The molecule has 1 aromatic heterocycles. The van der Waals surface area contributed by atoms with E-state index >= 15 is 0 Å². The molecule has 0 fully saturated rings. The number of nitrogens with zero attached hydrogens (tertiary/aromatic N) is 1. The Morgan fingerprint density at radius 1 is 1.42 bits per heavy atom. The summed E-state index contributed by atoms with van der Waals surface area (Å²) in [5.41, 5.74) is 5.65. The van der Waals surface area contributed by atoms with Gasteiger partial charge in [-0.2, -0.15) is 0 Å². The number of nitrogens with one attached hydrogen (secondary N) is 2. The van der Waals surface area contributed by atoms with E-state index in [2.05, 4.69) is 31.5 Å². The number of amides is 2. The lowest BCUT2D eigenvalue weighted by Crippen LogP contribution is -2.46. The Kier molecular flexibility index (Phi) is 5.91. The summed E-state index contributed by atoms with van der Waals surface area (Å²) in [6, 6.07) is 2.80. The summed E-state index contributed by atoms with van der Waals surface area (Å²) >= 11 is 3.24. The molecule has 0 aliphatic heterocycles. The maximum absolute atomic E-state index is 11.6. The van der Waals surface area contributed by atoms with Gasteiger partial charge in [0.1, 0.15) is 5.82 Å². The summed E-state index contributed by atoms with van der Waals surface area (Å²) in [7, 11) is 0. The van der Waals surface area contributed by atoms with E-state index in [1.165, 1.54) is 0 Å². The lowest BCUT2D eigenvalue weighted by molar-refractivity contribution is -0.125. The van der Waals surface area contributed by atoms with Crippen LogP contribution >= 0.6 is 15.9 Å². The van der Waals surface area contributed by atoms with Crippen LogP contribution in [0.15, 0.2) is 22.8 Å². The van der Waals surface area contributed by atoms with Gasteiger partial charge < -0.3 is 16.4 Å². The third kappa shape index (κ3) is 5.35. The average Bonchev–Trinajstić information content (AvgIpc) is 2.37. The molecule has 4 N–H and O–H groups in total. The quantitative estimate of drug-likeness (QED) is 0.747. The van der Waals surface area contributed by atoms with Crippen LogP contribution in [0.25, 0.3) is 0 Å². The topological polar surface area (TPSA) is 97.1 Å². The molecule has 19 heavy (non-hydrogen) atoms. The first-order valence-corrected chi connectivity index (χ1v) is 6.64. The van der Waals surface area contributed by atoms with Gasteiger partial charge in [-0.25, -0.2) is 4.98 Å². The van der Waals surface area contributed by atoms with Crippen molar-refractivity contribution in [2.45, 2.75) is 19.9 Å². The number of pyridine rings is 1. The molecule has 2 amide bonds. The lowest BCUT2D eigenvalue weighted by atomic mass is 10.1. The third-order valence-electron chi connectivity index (χ3n) is 2.44. The van der Waals surface area contributed by atoms with Crippen molar-refractivity contribution in [1.82, 2.24) is 10.3 Å². The van der Waals surface area contributed by atoms with Gasteiger partial charge in [0.05, 0.1) is 12.6 Å². The van der Waals surface area contributed by atoms with Gasteiger partial charge in [-0.05, 0) is 34.0 Å². The van der Waals surface area contributed by atoms with Crippen LogP contribution in [0.5, 0.6) is 0 Å². The predicted molar refractivity (Wildman–Crippen MR) is 76.4 cm³/mol. The van der Waals surface area contributed by atoms with Crippen LogP contribution in [-0.4, -0.2) is 29.4 Å². The lowest BCUT2D eigenvalue weighted by Gasteiger charge is -2.15. The minimum Gasteiger partial charge on any atom is -0.346 e. The molecule has 0 aromatic carbocycles. The third-order valence-corrected chi connectivity index (χ3v) is 2.91. The van der Waals surface area contributed by atoms with Crippen molar-refractivity contribution in [2.24, 2.45) is 11.7 Å². The zero-order chi connectivity index (χ0) is 14.4. The van der Waals surface area contributed by atoms with Crippen LogP contribution in [0.4, 0.5) is 5.82 Å². The Morgan fingerprint density at radius 2 is 2.11 bits per heavy atom. The van der Waals surface area contributed by atoms with Crippen LogP contribution in [-0.2, 0) is 9.59 Å². The molecular formula is C12H17BrN4O2. The van der Waals surface area contributed by atoms with E-state index < -0.39 is 6.04 Å². The Hall–Kier alpha value is -1.47.